The average molecular weight is 306 g/mol. The van der Waals surface area contributed by atoms with Crippen LogP contribution in [0.4, 0.5) is 0 Å². The van der Waals surface area contributed by atoms with Gasteiger partial charge in [-0.25, -0.2) is 0 Å². The fraction of sp³-hybridized carbons (Fsp3) is 0.684. The lowest BCUT2D eigenvalue weighted by atomic mass is 9.67. The van der Waals surface area contributed by atoms with E-state index in [0.29, 0.717) is 11.3 Å². The third kappa shape index (κ3) is 4.50. The van der Waals surface area contributed by atoms with E-state index in [1.165, 1.54) is 31.2 Å². The van der Waals surface area contributed by atoms with E-state index < -0.39 is 0 Å². The second kappa shape index (κ2) is 7.69. The van der Waals surface area contributed by atoms with Gasteiger partial charge in [-0.15, -0.1) is 0 Å². The predicted octanol–water partition coefficient (Wildman–Crippen LogP) is 5.10. The maximum atomic E-state index is 6.04. The first-order valence-electron chi connectivity index (χ1n) is 8.42. The van der Waals surface area contributed by atoms with Crippen molar-refractivity contribution >= 4 is 11.8 Å². The Kier molecular flexibility index (Phi) is 6.19. The molecule has 1 aliphatic rings. The lowest BCUT2D eigenvalue weighted by Gasteiger charge is -2.42. The minimum Gasteiger partial charge on any atom is -0.330 e. The molecule has 0 aliphatic heterocycles. The van der Waals surface area contributed by atoms with Gasteiger partial charge in [0.1, 0.15) is 0 Å². The second-order valence-corrected chi connectivity index (χ2v) is 8.41. The van der Waals surface area contributed by atoms with Gasteiger partial charge in [-0.3, -0.25) is 0 Å². The monoisotopic (exact) mass is 305 g/mol. The van der Waals surface area contributed by atoms with Crippen LogP contribution in [0.5, 0.6) is 0 Å². The zero-order chi connectivity index (χ0) is 15.3. The highest BCUT2D eigenvalue weighted by Gasteiger charge is 2.36. The lowest BCUT2D eigenvalue weighted by Crippen LogP contribution is -2.37. The molecule has 0 bridgehead atoms. The Bertz CT molecular complexity index is 415. The van der Waals surface area contributed by atoms with Crippen LogP contribution in [0.3, 0.4) is 0 Å². The molecule has 2 N–H and O–H groups in total. The number of nitrogens with two attached hydrogens (primary N) is 1. The highest BCUT2D eigenvalue weighted by molar-refractivity contribution is 7.99. The summed E-state index contributed by atoms with van der Waals surface area (Å²) in [5, 5.41) is 0.736. The van der Waals surface area contributed by atoms with Crippen LogP contribution in [0, 0.1) is 17.3 Å². The molecule has 3 unspecified atom stereocenters. The molecule has 2 rings (SSSR count). The summed E-state index contributed by atoms with van der Waals surface area (Å²) in [7, 11) is 0. The molecule has 1 fully saturated rings. The second-order valence-electron chi connectivity index (χ2n) is 7.18. The van der Waals surface area contributed by atoms with Crippen molar-refractivity contribution in [2.24, 2.45) is 23.0 Å². The maximum absolute atomic E-state index is 6.04. The van der Waals surface area contributed by atoms with Crippen LogP contribution >= 0.6 is 11.8 Å². The molecule has 0 amide bonds. The zero-order valence-corrected chi connectivity index (χ0v) is 14.7. The number of benzene rings is 1. The van der Waals surface area contributed by atoms with Crippen molar-refractivity contribution in [3.05, 3.63) is 35.9 Å². The Morgan fingerprint density at radius 3 is 2.52 bits per heavy atom. The standard InChI is InChI=1S/C19H31NS/c1-4-19(2,3)17-11-10-16(13-20)18(12-17)21-14-15-8-6-5-7-9-15/h5-9,16-18H,4,10-14,20H2,1-3H3. The van der Waals surface area contributed by atoms with Crippen molar-refractivity contribution < 1.29 is 0 Å². The summed E-state index contributed by atoms with van der Waals surface area (Å²) in [6.45, 7) is 8.07. The Morgan fingerprint density at radius 2 is 1.90 bits per heavy atom. The summed E-state index contributed by atoms with van der Waals surface area (Å²) in [6.07, 6.45) is 5.31. The summed E-state index contributed by atoms with van der Waals surface area (Å²) in [5.74, 6) is 2.70. The van der Waals surface area contributed by atoms with Crippen LogP contribution in [-0.2, 0) is 5.75 Å². The molecular weight excluding hydrogens is 274 g/mol. The van der Waals surface area contributed by atoms with E-state index in [1.807, 2.05) is 0 Å². The van der Waals surface area contributed by atoms with Gasteiger partial charge < -0.3 is 5.73 Å². The van der Waals surface area contributed by atoms with E-state index in [-0.39, 0.29) is 0 Å². The fourth-order valence-corrected chi connectivity index (χ4v) is 4.93. The van der Waals surface area contributed by atoms with Gasteiger partial charge in [0.05, 0.1) is 0 Å². The lowest BCUT2D eigenvalue weighted by molar-refractivity contribution is 0.134. The molecular formula is C19H31NS. The summed E-state index contributed by atoms with van der Waals surface area (Å²) in [6, 6.07) is 10.8. The molecule has 1 aliphatic carbocycles. The van der Waals surface area contributed by atoms with Gasteiger partial charge in [0, 0.05) is 11.0 Å². The molecule has 3 atom stereocenters. The van der Waals surface area contributed by atoms with E-state index in [1.54, 1.807) is 0 Å². The number of hydrogen-bond donors (Lipinski definition) is 1. The largest absolute Gasteiger partial charge is 0.330 e. The van der Waals surface area contributed by atoms with Gasteiger partial charge in [0.25, 0.3) is 0 Å². The van der Waals surface area contributed by atoms with Gasteiger partial charge in [0.2, 0.25) is 0 Å². The first-order chi connectivity index (χ1) is 10.1. The van der Waals surface area contributed by atoms with Crippen molar-refractivity contribution in [3.8, 4) is 0 Å². The molecule has 21 heavy (non-hydrogen) atoms. The highest BCUT2D eigenvalue weighted by Crippen LogP contribution is 2.45. The topological polar surface area (TPSA) is 26.0 Å². The van der Waals surface area contributed by atoms with E-state index in [4.69, 9.17) is 5.73 Å². The molecule has 0 heterocycles. The SMILES string of the molecule is CCC(C)(C)C1CCC(CN)C(SCc2ccccc2)C1. The molecule has 118 valence electrons. The maximum Gasteiger partial charge on any atom is 0.0187 e. The Hall–Kier alpha value is -0.470. The van der Waals surface area contributed by atoms with Gasteiger partial charge in [-0.05, 0) is 48.6 Å². The first-order valence-corrected chi connectivity index (χ1v) is 9.47. The molecule has 0 spiro atoms. The van der Waals surface area contributed by atoms with E-state index in [0.717, 1.165) is 23.5 Å². The van der Waals surface area contributed by atoms with Crippen LogP contribution in [-0.4, -0.2) is 11.8 Å². The molecule has 1 nitrogen and oxygen atoms in total. The molecule has 0 radical (unpaired) electrons. The fourth-order valence-electron chi connectivity index (χ4n) is 3.44. The van der Waals surface area contributed by atoms with Crippen LogP contribution < -0.4 is 5.73 Å². The van der Waals surface area contributed by atoms with Gasteiger partial charge in [-0.1, -0.05) is 57.5 Å². The van der Waals surface area contributed by atoms with E-state index >= 15 is 0 Å². The Morgan fingerprint density at radius 1 is 1.19 bits per heavy atom. The molecule has 1 aromatic rings. The Labute approximate surface area is 135 Å². The minimum absolute atomic E-state index is 0.477. The van der Waals surface area contributed by atoms with Gasteiger partial charge in [0.15, 0.2) is 0 Å². The smallest absolute Gasteiger partial charge is 0.0187 e. The molecule has 1 saturated carbocycles. The quantitative estimate of drug-likeness (QED) is 0.791. The highest BCUT2D eigenvalue weighted by atomic mass is 32.2. The molecule has 0 aromatic heterocycles. The van der Waals surface area contributed by atoms with Crippen LogP contribution in [0.25, 0.3) is 0 Å². The van der Waals surface area contributed by atoms with Crippen molar-refractivity contribution in [3.63, 3.8) is 0 Å². The minimum atomic E-state index is 0.477. The van der Waals surface area contributed by atoms with Crippen LogP contribution in [0.1, 0.15) is 52.0 Å². The van der Waals surface area contributed by atoms with E-state index in [9.17, 15) is 0 Å². The summed E-state index contributed by atoms with van der Waals surface area (Å²) < 4.78 is 0. The summed E-state index contributed by atoms with van der Waals surface area (Å²) >= 11 is 2.13. The Balaban J connectivity index is 1.97. The van der Waals surface area contributed by atoms with Crippen LogP contribution in [0.15, 0.2) is 30.3 Å². The van der Waals surface area contributed by atoms with Gasteiger partial charge >= 0.3 is 0 Å². The normalized spacial score (nSPS) is 26.8. The predicted molar refractivity (Wildman–Crippen MR) is 95.5 cm³/mol. The first kappa shape index (κ1) is 16.9. The number of thioether (sulfide) groups is 1. The van der Waals surface area contributed by atoms with Crippen LogP contribution in [0.2, 0.25) is 0 Å². The summed E-state index contributed by atoms with van der Waals surface area (Å²) in [4.78, 5) is 0. The van der Waals surface area contributed by atoms with Crippen molar-refractivity contribution in [2.45, 2.75) is 57.5 Å². The molecule has 0 saturated heterocycles. The zero-order valence-electron chi connectivity index (χ0n) is 13.8. The molecule has 1 aromatic carbocycles. The van der Waals surface area contributed by atoms with E-state index in [2.05, 4.69) is 62.9 Å². The molecule has 2 heteroatoms. The third-order valence-electron chi connectivity index (χ3n) is 5.55. The van der Waals surface area contributed by atoms with Crippen molar-refractivity contribution in [2.75, 3.05) is 6.54 Å². The van der Waals surface area contributed by atoms with Gasteiger partial charge in [-0.2, -0.15) is 11.8 Å². The average Bonchev–Trinajstić information content (AvgIpc) is 2.53. The summed E-state index contributed by atoms with van der Waals surface area (Å²) in [5.41, 5.74) is 7.95. The number of rotatable bonds is 6. The number of hydrogen-bond acceptors (Lipinski definition) is 2. The van der Waals surface area contributed by atoms with Crippen molar-refractivity contribution in [1.29, 1.82) is 0 Å². The third-order valence-corrected chi connectivity index (χ3v) is 7.06. The van der Waals surface area contributed by atoms with Crippen molar-refractivity contribution in [1.82, 2.24) is 0 Å².